The number of nitrogens with zero attached hydrogens (tertiary/aromatic N) is 1. The Kier molecular flexibility index (Phi) is 9.79. The molecule has 0 aliphatic carbocycles. The lowest BCUT2D eigenvalue weighted by molar-refractivity contribution is 0.390. The fourth-order valence-electron chi connectivity index (χ4n) is 2.28. The lowest BCUT2D eigenvalue weighted by Gasteiger charge is -2.14. The summed E-state index contributed by atoms with van der Waals surface area (Å²) in [6, 6.07) is 12.0. The largest absolute Gasteiger partial charge is 0.497 e. The zero-order valence-electron chi connectivity index (χ0n) is 15.2. The summed E-state index contributed by atoms with van der Waals surface area (Å²) in [5.74, 6) is 1.94. The van der Waals surface area contributed by atoms with Gasteiger partial charge < -0.3 is 20.1 Å². The van der Waals surface area contributed by atoms with Crippen LogP contribution in [0.25, 0.3) is 0 Å². The van der Waals surface area contributed by atoms with Crippen molar-refractivity contribution in [2.45, 2.75) is 20.0 Å². The highest BCUT2D eigenvalue weighted by atomic mass is 127. The van der Waals surface area contributed by atoms with E-state index < -0.39 is 0 Å². The first-order valence-corrected chi connectivity index (χ1v) is 8.13. The van der Waals surface area contributed by atoms with E-state index in [1.807, 2.05) is 25.1 Å². The van der Waals surface area contributed by atoms with Gasteiger partial charge in [0.15, 0.2) is 5.96 Å². The van der Waals surface area contributed by atoms with Crippen LogP contribution in [0.3, 0.4) is 0 Å². The molecule has 0 radical (unpaired) electrons. The molecular formula is C19H25FIN3O2. The van der Waals surface area contributed by atoms with Gasteiger partial charge in [0.25, 0.3) is 0 Å². The molecule has 2 aromatic carbocycles. The predicted octanol–water partition coefficient (Wildman–Crippen LogP) is 3.72. The second-order valence-corrected chi connectivity index (χ2v) is 5.35. The van der Waals surface area contributed by atoms with Crippen molar-refractivity contribution in [2.24, 2.45) is 4.99 Å². The number of nitrogens with one attached hydrogen (secondary N) is 2. The van der Waals surface area contributed by atoms with Gasteiger partial charge in [-0.3, -0.25) is 0 Å². The Morgan fingerprint density at radius 1 is 1.04 bits per heavy atom. The third-order valence-corrected chi connectivity index (χ3v) is 3.62. The summed E-state index contributed by atoms with van der Waals surface area (Å²) in [5, 5.41) is 6.47. The van der Waals surface area contributed by atoms with E-state index in [1.54, 1.807) is 26.4 Å². The van der Waals surface area contributed by atoms with Crippen LogP contribution in [-0.4, -0.2) is 26.7 Å². The van der Waals surface area contributed by atoms with E-state index in [9.17, 15) is 4.39 Å². The normalized spacial score (nSPS) is 10.7. The summed E-state index contributed by atoms with van der Waals surface area (Å²) in [5.41, 5.74) is 1.94. The molecule has 0 spiro atoms. The Morgan fingerprint density at radius 3 is 2.38 bits per heavy atom. The number of hydrogen-bond donors (Lipinski definition) is 2. The fraction of sp³-hybridized carbons (Fsp3) is 0.316. The highest BCUT2D eigenvalue weighted by Crippen LogP contribution is 2.24. The Hall–Kier alpha value is -2.03. The first kappa shape index (κ1) is 22.0. The van der Waals surface area contributed by atoms with Crippen LogP contribution in [0.15, 0.2) is 47.5 Å². The summed E-state index contributed by atoms with van der Waals surface area (Å²) in [6.45, 7) is 3.77. The standard InChI is InChI=1S/C19H24FN3O2.HI/c1-4-21-19(22-12-14-5-8-16(20)9-6-14)23-13-15-7-10-17(24-2)11-18(15)25-3;/h5-11H,4,12-13H2,1-3H3,(H2,21,22,23);1H. The molecule has 2 rings (SSSR count). The van der Waals surface area contributed by atoms with E-state index in [2.05, 4.69) is 15.6 Å². The van der Waals surface area contributed by atoms with Gasteiger partial charge in [-0.15, -0.1) is 24.0 Å². The molecule has 0 amide bonds. The predicted molar refractivity (Wildman–Crippen MR) is 113 cm³/mol. The average Bonchev–Trinajstić information content (AvgIpc) is 2.65. The molecule has 0 saturated carbocycles. The number of methoxy groups -OCH3 is 2. The quantitative estimate of drug-likeness (QED) is 0.366. The molecule has 0 atom stereocenters. The van der Waals surface area contributed by atoms with Crippen LogP contribution in [0.5, 0.6) is 11.5 Å². The van der Waals surface area contributed by atoms with Gasteiger partial charge in [0.2, 0.25) is 0 Å². The molecule has 0 aliphatic rings. The average molecular weight is 473 g/mol. The van der Waals surface area contributed by atoms with Crippen LogP contribution in [0, 0.1) is 5.82 Å². The molecule has 5 nitrogen and oxygen atoms in total. The number of aliphatic imine (C=N–C) groups is 1. The highest BCUT2D eigenvalue weighted by Gasteiger charge is 2.06. The van der Waals surface area contributed by atoms with Crippen molar-refractivity contribution in [3.63, 3.8) is 0 Å². The van der Waals surface area contributed by atoms with Crippen molar-refractivity contribution in [2.75, 3.05) is 20.8 Å². The summed E-state index contributed by atoms with van der Waals surface area (Å²) in [6.07, 6.45) is 0. The smallest absolute Gasteiger partial charge is 0.191 e. The number of rotatable bonds is 7. The zero-order valence-corrected chi connectivity index (χ0v) is 17.5. The minimum atomic E-state index is -0.246. The van der Waals surface area contributed by atoms with Gasteiger partial charge in [-0.1, -0.05) is 12.1 Å². The number of guanidine groups is 1. The first-order valence-electron chi connectivity index (χ1n) is 8.13. The van der Waals surface area contributed by atoms with Gasteiger partial charge in [0.1, 0.15) is 17.3 Å². The van der Waals surface area contributed by atoms with E-state index in [4.69, 9.17) is 9.47 Å². The van der Waals surface area contributed by atoms with E-state index in [0.717, 1.165) is 29.2 Å². The molecule has 0 bridgehead atoms. The van der Waals surface area contributed by atoms with E-state index in [-0.39, 0.29) is 29.8 Å². The number of benzene rings is 2. The number of hydrogen-bond acceptors (Lipinski definition) is 3. The molecule has 142 valence electrons. The molecule has 0 fully saturated rings. The minimum Gasteiger partial charge on any atom is -0.497 e. The molecule has 7 heteroatoms. The van der Waals surface area contributed by atoms with Crippen molar-refractivity contribution >= 4 is 29.9 Å². The van der Waals surface area contributed by atoms with Crippen molar-refractivity contribution in [1.29, 1.82) is 0 Å². The molecule has 26 heavy (non-hydrogen) atoms. The van der Waals surface area contributed by atoms with Crippen LogP contribution >= 0.6 is 24.0 Å². The van der Waals surface area contributed by atoms with Gasteiger partial charge in [0.05, 0.1) is 20.8 Å². The molecule has 0 unspecified atom stereocenters. The van der Waals surface area contributed by atoms with Gasteiger partial charge in [-0.25, -0.2) is 9.38 Å². The number of halogens is 2. The van der Waals surface area contributed by atoms with Gasteiger partial charge in [0, 0.05) is 24.7 Å². The summed E-state index contributed by atoms with van der Waals surface area (Å²) >= 11 is 0. The fourth-order valence-corrected chi connectivity index (χ4v) is 2.28. The van der Waals surface area contributed by atoms with Gasteiger partial charge >= 0.3 is 0 Å². The SMILES string of the molecule is CCNC(=NCc1ccc(F)cc1)NCc1ccc(OC)cc1OC.I. The minimum absolute atomic E-state index is 0. The molecule has 0 saturated heterocycles. The maximum absolute atomic E-state index is 13.0. The highest BCUT2D eigenvalue weighted by molar-refractivity contribution is 14.0. The molecular weight excluding hydrogens is 448 g/mol. The third-order valence-electron chi connectivity index (χ3n) is 3.62. The van der Waals surface area contributed by atoms with Crippen LogP contribution < -0.4 is 20.1 Å². The van der Waals surface area contributed by atoms with Gasteiger partial charge in [-0.05, 0) is 36.8 Å². The van der Waals surface area contributed by atoms with Crippen LogP contribution in [-0.2, 0) is 13.1 Å². The molecule has 0 heterocycles. The van der Waals surface area contributed by atoms with Crippen LogP contribution in [0.2, 0.25) is 0 Å². The zero-order chi connectivity index (χ0) is 18.1. The summed E-state index contributed by atoms with van der Waals surface area (Å²) in [7, 11) is 3.25. The molecule has 2 N–H and O–H groups in total. The van der Waals surface area contributed by atoms with Crippen molar-refractivity contribution in [1.82, 2.24) is 10.6 Å². The van der Waals surface area contributed by atoms with E-state index in [0.29, 0.717) is 19.0 Å². The third kappa shape index (κ3) is 6.70. The van der Waals surface area contributed by atoms with Crippen molar-refractivity contribution in [3.05, 3.63) is 59.4 Å². The summed E-state index contributed by atoms with van der Waals surface area (Å²) in [4.78, 5) is 4.52. The number of ether oxygens (including phenoxy) is 2. The lowest BCUT2D eigenvalue weighted by Crippen LogP contribution is -2.36. The topological polar surface area (TPSA) is 54.9 Å². The van der Waals surface area contributed by atoms with Gasteiger partial charge in [-0.2, -0.15) is 0 Å². The molecule has 0 aliphatic heterocycles. The Bertz CT molecular complexity index is 708. The molecule has 0 aromatic heterocycles. The Morgan fingerprint density at radius 2 is 1.77 bits per heavy atom. The maximum atomic E-state index is 13.0. The second kappa shape index (κ2) is 11.6. The monoisotopic (exact) mass is 473 g/mol. The summed E-state index contributed by atoms with van der Waals surface area (Å²) < 4.78 is 23.6. The van der Waals surface area contributed by atoms with Crippen LogP contribution in [0.4, 0.5) is 4.39 Å². The van der Waals surface area contributed by atoms with Crippen molar-refractivity contribution < 1.29 is 13.9 Å². The van der Waals surface area contributed by atoms with E-state index >= 15 is 0 Å². The van der Waals surface area contributed by atoms with Crippen molar-refractivity contribution in [3.8, 4) is 11.5 Å². The Balaban J connectivity index is 0.00000338. The molecule has 2 aromatic rings. The van der Waals surface area contributed by atoms with Crippen LogP contribution in [0.1, 0.15) is 18.1 Å². The first-order chi connectivity index (χ1) is 12.2. The second-order valence-electron chi connectivity index (χ2n) is 5.35. The Labute approximate surface area is 171 Å². The van der Waals surface area contributed by atoms with E-state index in [1.165, 1.54) is 12.1 Å². The lowest BCUT2D eigenvalue weighted by atomic mass is 10.2. The maximum Gasteiger partial charge on any atom is 0.191 e.